The number of piperidine rings is 1. The summed E-state index contributed by atoms with van der Waals surface area (Å²) in [6.07, 6.45) is 3.66. The third-order valence-corrected chi connectivity index (χ3v) is 9.45. The third kappa shape index (κ3) is 8.03. The number of carbonyl (C=O) groups is 1. The summed E-state index contributed by atoms with van der Waals surface area (Å²) in [7, 11) is 0. The number of aryl methyl sites for hydroxylation is 1. The molecule has 0 aliphatic carbocycles. The Morgan fingerprint density at radius 1 is 1.10 bits per heavy atom. The molecule has 0 N–H and O–H groups in total. The van der Waals surface area contributed by atoms with Crippen molar-refractivity contribution in [2.75, 3.05) is 31.2 Å². The lowest BCUT2D eigenvalue weighted by Gasteiger charge is -2.41. The van der Waals surface area contributed by atoms with E-state index in [0.717, 1.165) is 78.8 Å². The first kappa shape index (κ1) is 35.1. The van der Waals surface area contributed by atoms with Crippen LogP contribution >= 0.6 is 0 Å². The first-order valence-corrected chi connectivity index (χ1v) is 17.8. The predicted octanol–water partition coefficient (Wildman–Crippen LogP) is 7.65. The molecule has 0 radical (unpaired) electrons. The summed E-state index contributed by atoms with van der Waals surface area (Å²) in [6, 6.07) is 14.5. The Hall–Kier alpha value is -3.73. The maximum absolute atomic E-state index is 13.6. The van der Waals surface area contributed by atoms with E-state index in [1.807, 2.05) is 57.3 Å². The van der Waals surface area contributed by atoms with Crippen LogP contribution in [0.3, 0.4) is 0 Å². The molecule has 2 atom stereocenters. The Labute approximate surface area is 290 Å². The van der Waals surface area contributed by atoms with Crippen LogP contribution in [0.2, 0.25) is 0 Å². The number of hydrogen-bond donors (Lipinski definition) is 0. The minimum absolute atomic E-state index is 0.0510. The molecule has 1 fully saturated rings. The summed E-state index contributed by atoms with van der Waals surface area (Å²) in [5.74, 6) is 1.23. The molecule has 3 aliphatic rings. The summed E-state index contributed by atoms with van der Waals surface area (Å²) in [5.41, 5.74) is 2.95. The van der Waals surface area contributed by atoms with Gasteiger partial charge in [0.1, 0.15) is 11.6 Å². The van der Waals surface area contributed by atoms with Crippen molar-refractivity contribution in [2.45, 2.75) is 117 Å². The van der Waals surface area contributed by atoms with Gasteiger partial charge in [-0.1, -0.05) is 36.4 Å². The minimum Gasteiger partial charge on any atom is -0.490 e. The van der Waals surface area contributed by atoms with E-state index < -0.39 is 17.7 Å². The summed E-state index contributed by atoms with van der Waals surface area (Å²) in [5, 5.41) is 7.25. The lowest BCUT2D eigenvalue weighted by atomic mass is 9.92. The molecule has 3 aliphatic heterocycles. The Bertz CT molecular complexity index is 1770. The van der Waals surface area contributed by atoms with Crippen molar-refractivity contribution in [3.05, 3.63) is 65.0 Å². The van der Waals surface area contributed by atoms with Crippen molar-refractivity contribution in [1.82, 2.24) is 14.6 Å². The van der Waals surface area contributed by atoms with E-state index in [0.29, 0.717) is 30.1 Å². The van der Waals surface area contributed by atoms with Crippen molar-refractivity contribution >= 4 is 28.2 Å². The quantitative estimate of drug-likeness (QED) is 0.203. The van der Waals surface area contributed by atoms with Crippen molar-refractivity contribution in [1.29, 1.82) is 0 Å². The molecular formula is C39H52N4O6. The lowest BCUT2D eigenvalue weighted by molar-refractivity contribution is -0.166. The van der Waals surface area contributed by atoms with Crippen LogP contribution in [0.5, 0.6) is 5.75 Å². The van der Waals surface area contributed by atoms with E-state index in [2.05, 4.69) is 43.0 Å². The third-order valence-electron chi connectivity index (χ3n) is 9.45. The number of esters is 1. The summed E-state index contributed by atoms with van der Waals surface area (Å²) >= 11 is 0. The second-order valence-corrected chi connectivity index (χ2v) is 14.7. The molecule has 4 aromatic rings. The average Bonchev–Trinajstić information content (AvgIpc) is 3.45. The van der Waals surface area contributed by atoms with Crippen molar-refractivity contribution < 1.29 is 28.5 Å². The van der Waals surface area contributed by atoms with Crippen LogP contribution in [0.25, 0.3) is 16.4 Å². The molecule has 7 rings (SSSR count). The van der Waals surface area contributed by atoms with Crippen LogP contribution < -0.4 is 9.64 Å². The van der Waals surface area contributed by atoms with Crippen LogP contribution in [0.15, 0.2) is 42.5 Å². The van der Waals surface area contributed by atoms with E-state index in [1.54, 1.807) is 0 Å². The highest BCUT2D eigenvalue weighted by Crippen LogP contribution is 2.39. The van der Waals surface area contributed by atoms with Gasteiger partial charge in [-0.15, -0.1) is 0 Å². The van der Waals surface area contributed by atoms with E-state index >= 15 is 0 Å². The van der Waals surface area contributed by atoms with Gasteiger partial charge in [-0.3, -0.25) is 0 Å². The fraction of sp³-hybridized carbons (Fsp3) is 0.564. The number of anilines is 1. The largest absolute Gasteiger partial charge is 0.490 e. The number of fused-ring (bicyclic) bond motifs is 11. The average molecular weight is 673 g/mol. The number of aromatic nitrogens is 3. The second kappa shape index (κ2) is 14.6. The first-order chi connectivity index (χ1) is 23.4. The number of benzene rings is 2. The standard InChI is InChI=1S/C39H52N4O6/c1-8-46-37(44)35(49-38(4,5)6)33-27(3)40-32-23-30-25-45-24-29-17-16-28-14-9-10-15-31(28)34(29)48-26(2)13-11-12-22-47-39(7)18-20-42(21-19-39)36(33)43(32)41-30/h9-10,14-17,23,26,35H,8,11-13,18-22,24-25H2,1-7H3/t26-,35-/m0/s1. The van der Waals surface area contributed by atoms with E-state index in [9.17, 15) is 4.79 Å². The highest BCUT2D eigenvalue weighted by atomic mass is 16.6. The van der Waals surface area contributed by atoms with Crippen molar-refractivity contribution in [3.8, 4) is 5.75 Å². The van der Waals surface area contributed by atoms with Gasteiger partial charge >= 0.3 is 5.97 Å². The number of hydrogen-bond acceptors (Lipinski definition) is 9. The van der Waals surface area contributed by atoms with Crippen LogP contribution in [0.1, 0.15) is 102 Å². The Morgan fingerprint density at radius 3 is 2.63 bits per heavy atom. The number of ether oxygens (including phenoxy) is 5. The molecule has 10 heteroatoms. The fourth-order valence-electron chi connectivity index (χ4n) is 6.90. The molecule has 0 unspecified atom stereocenters. The van der Waals surface area contributed by atoms with Crippen molar-refractivity contribution in [2.24, 2.45) is 0 Å². The van der Waals surface area contributed by atoms with Gasteiger partial charge in [-0.25, -0.2) is 9.78 Å². The smallest absolute Gasteiger partial charge is 0.340 e. The molecule has 1 saturated heterocycles. The summed E-state index contributed by atoms with van der Waals surface area (Å²) in [6.45, 7) is 17.0. The normalized spacial score (nSPS) is 21.8. The second-order valence-electron chi connectivity index (χ2n) is 14.7. The SMILES string of the molecule is CCOC(=O)[C@@H](OC(C)(C)C)c1c(C)nc2cc3nn2c1N1CCC(C)(CC1)OCCCC[C@H](C)Oc1c(ccc2ccccc12)COC3. The number of nitrogens with zero attached hydrogens (tertiary/aromatic N) is 4. The molecule has 2 aromatic heterocycles. The van der Waals surface area contributed by atoms with Crippen LogP contribution in [0.4, 0.5) is 5.82 Å². The first-order valence-electron chi connectivity index (χ1n) is 17.8. The topological polar surface area (TPSA) is 96.7 Å². The zero-order valence-electron chi connectivity index (χ0n) is 30.2. The molecule has 10 nitrogen and oxygen atoms in total. The van der Waals surface area contributed by atoms with Gasteiger partial charge in [0.15, 0.2) is 11.8 Å². The fourth-order valence-corrected chi connectivity index (χ4v) is 6.90. The van der Waals surface area contributed by atoms with Gasteiger partial charge < -0.3 is 28.6 Å². The number of carbonyl (C=O) groups excluding carboxylic acids is 1. The van der Waals surface area contributed by atoms with Gasteiger partial charge in [0.2, 0.25) is 0 Å². The Morgan fingerprint density at radius 2 is 1.88 bits per heavy atom. The molecule has 0 amide bonds. The van der Waals surface area contributed by atoms with Crippen LogP contribution in [-0.4, -0.2) is 64.2 Å². The lowest BCUT2D eigenvalue weighted by Crippen LogP contribution is -2.46. The maximum atomic E-state index is 13.6. The molecule has 49 heavy (non-hydrogen) atoms. The zero-order valence-corrected chi connectivity index (χ0v) is 30.2. The molecule has 0 saturated carbocycles. The van der Waals surface area contributed by atoms with Gasteiger partial charge in [-0.2, -0.15) is 9.61 Å². The van der Waals surface area contributed by atoms with E-state index in [-0.39, 0.29) is 24.9 Å². The predicted molar refractivity (Wildman–Crippen MR) is 190 cm³/mol. The molecule has 0 spiro atoms. The highest BCUT2D eigenvalue weighted by molar-refractivity contribution is 5.89. The molecule has 264 valence electrons. The maximum Gasteiger partial charge on any atom is 0.340 e. The molecule has 5 heterocycles. The monoisotopic (exact) mass is 672 g/mol. The van der Waals surface area contributed by atoms with Crippen LogP contribution in [-0.2, 0) is 37.0 Å². The summed E-state index contributed by atoms with van der Waals surface area (Å²) < 4.78 is 33.4. The van der Waals surface area contributed by atoms with Gasteiger partial charge in [0.25, 0.3) is 0 Å². The molecule has 2 aromatic carbocycles. The minimum atomic E-state index is -0.973. The van der Waals surface area contributed by atoms with Gasteiger partial charge in [0.05, 0.1) is 48.4 Å². The van der Waals surface area contributed by atoms with Crippen LogP contribution in [0, 0.1) is 6.92 Å². The van der Waals surface area contributed by atoms with E-state index in [4.69, 9.17) is 33.8 Å². The highest BCUT2D eigenvalue weighted by Gasteiger charge is 2.38. The number of rotatable bonds is 4. The van der Waals surface area contributed by atoms with E-state index in [1.165, 1.54) is 0 Å². The Balaban J connectivity index is 1.42. The summed E-state index contributed by atoms with van der Waals surface area (Å²) in [4.78, 5) is 20.8. The molecular weight excluding hydrogens is 620 g/mol. The zero-order chi connectivity index (χ0) is 34.8. The van der Waals surface area contributed by atoms with Gasteiger partial charge in [0, 0.05) is 42.4 Å². The molecule has 4 bridgehead atoms. The Kier molecular flexibility index (Phi) is 10.5. The van der Waals surface area contributed by atoms with Crippen molar-refractivity contribution in [3.63, 3.8) is 0 Å². The van der Waals surface area contributed by atoms with Gasteiger partial charge in [-0.05, 0) is 86.0 Å².